The minimum absolute atomic E-state index is 0.0360. The summed E-state index contributed by atoms with van der Waals surface area (Å²) in [6.07, 6.45) is 1.23. The van der Waals surface area contributed by atoms with Gasteiger partial charge in [0.2, 0.25) is 9.84 Å². The molecule has 0 bridgehead atoms. The summed E-state index contributed by atoms with van der Waals surface area (Å²) in [6.45, 7) is -0.483. The summed E-state index contributed by atoms with van der Waals surface area (Å²) in [5.41, 5.74) is 0.455. The van der Waals surface area contributed by atoms with Crippen LogP contribution in [0.3, 0.4) is 0 Å². The Bertz CT molecular complexity index is 942. The molecular weight excluding hydrogens is 366 g/mol. The van der Waals surface area contributed by atoms with Gasteiger partial charge in [-0.25, -0.2) is 13.2 Å². The number of aliphatic carboxylic acids is 1. The fraction of sp³-hybridized carbons (Fsp3) is 0.0588. The molecular formula is C17H12ClNO5S. The molecule has 128 valence electrons. The lowest BCUT2D eigenvalue weighted by molar-refractivity contribution is -0.139. The van der Waals surface area contributed by atoms with E-state index >= 15 is 0 Å². The van der Waals surface area contributed by atoms with Crippen molar-refractivity contribution in [2.24, 2.45) is 0 Å². The SMILES string of the molecule is N#CC(=Cc1ccc(OCC(=O)O)cc1)S(=O)(=O)c1ccc(Cl)cc1. The molecule has 0 aliphatic heterocycles. The Morgan fingerprint density at radius 2 is 1.76 bits per heavy atom. The fourth-order valence-electron chi connectivity index (χ4n) is 1.87. The van der Waals surface area contributed by atoms with Crippen molar-refractivity contribution in [3.8, 4) is 11.8 Å². The van der Waals surface area contributed by atoms with E-state index in [0.717, 1.165) is 0 Å². The number of carboxylic acids is 1. The third-order valence-corrected chi connectivity index (χ3v) is 5.00. The average Bonchev–Trinajstić information content (AvgIpc) is 2.59. The quantitative estimate of drug-likeness (QED) is 0.775. The van der Waals surface area contributed by atoms with Crippen LogP contribution in [-0.2, 0) is 14.6 Å². The van der Waals surface area contributed by atoms with Gasteiger partial charge in [0.05, 0.1) is 4.90 Å². The minimum atomic E-state index is -3.97. The number of halogens is 1. The molecule has 2 rings (SSSR count). The molecule has 2 aromatic carbocycles. The smallest absolute Gasteiger partial charge is 0.341 e. The molecule has 6 nitrogen and oxygen atoms in total. The number of benzene rings is 2. The van der Waals surface area contributed by atoms with Crippen LogP contribution in [-0.4, -0.2) is 26.1 Å². The highest BCUT2D eigenvalue weighted by Gasteiger charge is 2.20. The third kappa shape index (κ3) is 4.83. The van der Waals surface area contributed by atoms with Crippen LogP contribution in [0.4, 0.5) is 0 Å². The summed E-state index contributed by atoms with van der Waals surface area (Å²) in [7, 11) is -3.97. The molecule has 0 saturated heterocycles. The van der Waals surface area contributed by atoms with E-state index in [4.69, 9.17) is 21.4 Å². The Morgan fingerprint density at radius 3 is 2.28 bits per heavy atom. The van der Waals surface area contributed by atoms with Gasteiger partial charge in [-0.05, 0) is 48.0 Å². The fourth-order valence-corrected chi connectivity index (χ4v) is 3.15. The maximum absolute atomic E-state index is 12.5. The number of sulfone groups is 1. The molecule has 0 saturated carbocycles. The number of nitriles is 1. The number of hydrogen-bond acceptors (Lipinski definition) is 5. The summed E-state index contributed by atoms with van der Waals surface area (Å²) >= 11 is 5.74. The van der Waals surface area contributed by atoms with Crippen LogP contribution in [0.25, 0.3) is 6.08 Å². The summed E-state index contributed by atoms with van der Waals surface area (Å²) in [6, 6.07) is 13.2. The molecule has 1 N–H and O–H groups in total. The summed E-state index contributed by atoms with van der Waals surface area (Å²) < 4.78 is 30.0. The summed E-state index contributed by atoms with van der Waals surface area (Å²) in [5, 5.41) is 18.2. The van der Waals surface area contributed by atoms with Crippen molar-refractivity contribution in [3.63, 3.8) is 0 Å². The maximum atomic E-state index is 12.5. The molecule has 0 unspecified atom stereocenters. The standard InChI is InChI=1S/C17H12ClNO5S/c18-13-3-7-15(8-4-13)25(22,23)16(10-19)9-12-1-5-14(6-2-12)24-11-17(20)21/h1-9H,11H2,(H,20,21). The summed E-state index contributed by atoms with van der Waals surface area (Å²) in [5.74, 6) is -0.789. The van der Waals surface area contributed by atoms with Crippen LogP contribution >= 0.6 is 11.6 Å². The molecule has 0 aliphatic carbocycles. The van der Waals surface area contributed by atoms with E-state index in [1.807, 2.05) is 0 Å². The Labute approximate surface area is 149 Å². The molecule has 2 aromatic rings. The number of ether oxygens (including phenoxy) is 1. The van der Waals surface area contributed by atoms with E-state index in [2.05, 4.69) is 0 Å². The van der Waals surface area contributed by atoms with Gasteiger partial charge >= 0.3 is 5.97 Å². The lowest BCUT2D eigenvalue weighted by atomic mass is 10.2. The monoisotopic (exact) mass is 377 g/mol. The maximum Gasteiger partial charge on any atom is 0.341 e. The molecule has 0 aromatic heterocycles. The Balaban J connectivity index is 2.29. The molecule has 0 radical (unpaired) electrons. The van der Waals surface area contributed by atoms with E-state index in [-0.39, 0.29) is 4.90 Å². The van der Waals surface area contributed by atoms with Crippen LogP contribution < -0.4 is 4.74 Å². The van der Waals surface area contributed by atoms with E-state index < -0.39 is 27.3 Å². The molecule has 0 amide bonds. The number of hydrogen-bond donors (Lipinski definition) is 1. The van der Waals surface area contributed by atoms with Crippen molar-refractivity contribution in [1.29, 1.82) is 5.26 Å². The van der Waals surface area contributed by atoms with E-state index in [1.165, 1.54) is 54.6 Å². The molecule has 0 spiro atoms. The molecule has 0 aliphatic rings. The molecule has 0 heterocycles. The number of carbonyl (C=O) groups is 1. The first-order valence-corrected chi connectivity index (χ1v) is 8.76. The lowest BCUT2D eigenvalue weighted by Crippen LogP contribution is -2.09. The van der Waals surface area contributed by atoms with Crippen molar-refractivity contribution in [2.45, 2.75) is 4.90 Å². The number of rotatable bonds is 6. The van der Waals surface area contributed by atoms with Crippen molar-refractivity contribution in [1.82, 2.24) is 0 Å². The lowest BCUT2D eigenvalue weighted by Gasteiger charge is -2.05. The second-order valence-electron chi connectivity index (χ2n) is 4.83. The Morgan fingerprint density at radius 1 is 1.16 bits per heavy atom. The predicted octanol–water partition coefficient (Wildman–Crippen LogP) is 3.14. The molecule has 0 fully saturated rings. The number of nitrogens with zero attached hydrogens (tertiary/aromatic N) is 1. The first-order valence-electron chi connectivity index (χ1n) is 6.90. The van der Waals surface area contributed by atoms with Crippen molar-refractivity contribution < 1.29 is 23.1 Å². The topological polar surface area (TPSA) is 104 Å². The Hall–Kier alpha value is -2.82. The first-order chi connectivity index (χ1) is 11.8. The van der Waals surface area contributed by atoms with Crippen LogP contribution in [0.1, 0.15) is 5.56 Å². The number of carboxylic acid groups (broad SMARTS) is 1. The average molecular weight is 378 g/mol. The molecule has 25 heavy (non-hydrogen) atoms. The second kappa shape index (κ2) is 7.83. The van der Waals surface area contributed by atoms with Gasteiger partial charge in [-0.15, -0.1) is 0 Å². The van der Waals surface area contributed by atoms with Gasteiger partial charge in [0.15, 0.2) is 6.61 Å². The highest BCUT2D eigenvalue weighted by atomic mass is 35.5. The zero-order valence-electron chi connectivity index (χ0n) is 12.7. The van der Waals surface area contributed by atoms with Crippen LogP contribution in [0, 0.1) is 11.3 Å². The molecule has 0 atom stereocenters. The van der Waals surface area contributed by atoms with Gasteiger partial charge in [-0.3, -0.25) is 0 Å². The zero-order valence-corrected chi connectivity index (χ0v) is 14.3. The van der Waals surface area contributed by atoms with Gasteiger partial charge in [0, 0.05) is 5.02 Å². The first kappa shape index (κ1) is 18.5. The van der Waals surface area contributed by atoms with E-state index in [9.17, 15) is 18.5 Å². The van der Waals surface area contributed by atoms with Gasteiger partial charge in [-0.2, -0.15) is 5.26 Å². The van der Waals surface area contributed by atoms with Gasteiger partial charge in [-0.1, -0.05) is 23.7 Å². The van der Waals surface area contributed by atoms with Crippen LogP contribution in [0.5, 0.6) is 5.75 Å². The normalized spacial score (nSPS) is 11.6. The third-order valence-electron chi connectivity index (χ3n) is 3.06. The van der Waals surface area contributed by atoms with Gasteiger partial charge in [0.1, 0.15) is 16.7 Å². The Kier molecular flexibility index (Phi) is 5.80. The van der Waals surface area contributed by atoms with Crippen molar-refractivity contribution >= 4 is 33.5 Å². The zero-order chi connectivity index (χ0) is 18.4. The molecule has 8 heteroatoms. The van der Waals surface area contributed by atoms with Gasteiger partial charge in [0.25, 0.3) is 0 Å². The van der Waals surface area contributed by atoms with Crippen LogP contribution in [0.2, 0.25) is 5.02 Å². The van der Waals surface area contributed by atoms with Crippen molar-refractivity contribution in [3.05, 3.63) is 64.0 Å². The van der Waals surface area contributed by atoms with E-state index in [0.29, 0.717) is 16.3 Å². The van der Waals surface area contributed by atoms with E-state index in [1.54, 1.807) is 6.07 Å². The largest absolute Gasteiger partial charge is 0.482 e. The van der Waals surface area contributed by atoms with Gasteiger partial charge < -0.3 is 9.84 Å². The van der Waals surface area contributed by atoms with Crippen LogP contribution in [0.15, 0.2) is 58.3 Å². The predicted molar refractivity (Wildman–Crippen MR) is 91.8 cm³/mol. The highest BCUT2D eigenvalue weighted by Crippen LogP contribution is 2.23. The van der Waals surface area contributed by atoms with Crippen molar-refractivity contribution in [2.75, 3.05) is 6.61 Å². The summed E-state index contributed by atoms with van der Waals surface area (Å²) in [4.78, 5) is 9.99. The highest BCUT2D eigenvalue weighted by molar-refractivity contribution is 7.95. The minimum Gasteiger partial charge on any atom is -0.482 e. The second-order valence-corrected chi connectivity index (χ2v) is 7.18. The number of allylic oxidation sites excluding steroid dienone is 1.